The van der Waals surface area contributed by atoms with Crippen molar-refractivity contribution in [3.8, 4) is 0 Å². The maximum atomic E-state index is 4.26. The van der Waals surface area contributed by atoms with E-state index < -0.39 is 0 Å². The molecule has 1 aromatic rings. The fourth-order valence-electron chi connectivity index (χ4n) is 1.75. The molecule has 0 aliphatic rings. The van der Waals surface area contributed by atoms with Gasteiger partial charge in [-0.25, -0.2) is 4.98 Å². The second kappa shape index (κ2) is 6.14. The molecule has 0 bridgehead atoms. The number of thiazole rings is 1. The van der Waals surface area contributed by atoms with Crippen molar-refractivity contribution >= 4 is 11.3 Å². The van der Waals surface area contributed by atoms with Crippen LogP contribution in [0.3, 0.4) is 0 Å². The molecule has 0 aliphatic heterocycles. The molecule has 0 aromatic carbocycles. The zero-order valence-corrected chi connectivity index (χ0v) is 10.1. The Morgan fingerprint density at radius 1 is 1.43 bits per heavy atom. The van der Waals surface area contributed by atoms with Crippen LogP contribution in [0.2, 0.25) is 0 Å². The van der Waals surface area contributed by atoms with Crippen molar-refractivity contribution in [3.05, 3.63) is 16.6 Å². The number of nitrogens with zero attached hydrogens (tertiary/aromatic N) is 1. The third kappa shape index (κ3) is 3.39. The second-order valence-corrected chi connectivity index (χ2v) is 4.65. The van der Waals surface area contributed by atoms with Gasteiger partial charge in [-0.2, -0.15) is 0 Å². The Bertz CT molecular complexity index is 229. The third-order valence-corrected chi connectivity index (χ3v) is 3.59. The second-order valence-electron chi connectivity index (χ2n) is 3.67. The van der Waals surface area contributed by atoms with Gasteiger partial charge in [-0.05, 0) is 12.8 Å². The highest BCUT2D eigenvalue weighted by Gasteiger charge is 2.12. The van der Waals surface area contributed by atoms with Crippen LogP contribution in [-0.4, -0.2) is 11.0 Å². The normalized spacial score (nSPS) is 13.4. The SMILES string of the molecule is CCC(CC)C(C)NCc1nccs1. The Morgan fingerprint density at radius 3 is 2.64 bits per heavy atom. The third-order valence-electron chi connectivity index (χ3n) is 2.81. The smallest absolute Gasteiger partial charge is 0.106 e. The number of hydrogen-bond acceptors (Lipinski definition) is 3. The zero-order chi connectivity index (χ0) is 10.4. The predicted octanol–water partition coefficient (Wildman–Crippen LogP) is 3.06. The number of nitrogens with one attached hydrogen (secondary N) is 1. The van der Waals surface area contributed by atoms with Crippen LogP contribution in [0.1, 0.15) is 38.6 Å². The van der Waals surface area contributed by atoms with Gasteiger partial charge in [-0.1, -0.05) is 26.7 Å². The van der Waals surface area contributed by atoms with E-state index in [1.165, 1.54) is 17.8 Å². The molecule has 1 atom stereocenters. The largest absolute Gasteiger partial charge is 0.308 e. The average Bonchev–Trinajstić information content (AvgIpc) is 2.69. The first-order valence-corrected chi connectivity index (χ1v) is 6.27. The van der Waals surface area contributed by atoms with E-state index in [-0.39, 0.29) is 0 Å². The summed E-state index contributed by atoms with van der Waals surface area (Å²) in [5.74, 6) is 0.787. The maximum absolute atomic E-state index is 4.26. The van der Waals surface area contributed by atoms with E-state index in [0.29, 0.717) is 6.04 Å². The Labute approximate surface area is 90.8 Å². The molecule has 1 heterocycles. The molecule has 3 heteroatoms. The summed E-state index contributed by atoms with van der Waals surface area (Å²) in [5, 5.41) is 6.74. The van der Waals surface area contributed by atoms with Crippen LogP contribution in [0, 0.1) is 5.92 Å². The lowest BCUT2D eigenvalue weighted by molar-refractivity contribution is 0.353. The summed E-state index contributed by atoms with van der Waals surface area (Å²) in [4.78, 5) is 4.26. The highest BCUT2D eigenvalue weighted by molar-refractivity contribution is 7.09. The van der Waals surface area contributed by atoms with Gasteiger partial charge in [0.05, 0.1) is 0 Å². The summed E-state index contributed by atoms with van der Waals surface area (Å²) in [6.45, 7) is 7.70. The van der Waals surface area contributed by atoms with Gasteiger partial charge in [0.15, 0.2) is 0 Å². The average molecular weight is 212 g/mol. The van der Waals surface area contributed by atoms with Gasteiger partial charge < -0.3 is 5.32 Å². The number of aromatic nitrogens is 1. The zero-order valence-electron chi connectivity index (χ0n) is 9.29. The Balaban J connectivity index is 2.30. The van der Waals surface area contributed by atoms with E-state index in [1.807, 2.05) is 11.6 Å². The molecule has 1 aromatic heterocycles. The molecule has 1 rings (SSSR count). The Kier molecular flexibility index (Phi) is 5.12. The van der Waals surface area contributed by atoms with Crippen molar-refractivity contribution in [1.29, 1.82) is 0 Å². The highest BCUT2D eigenvalue weighted by Crippen LogP contribution is 2.13. The van der Waals surface area contributed by atoms with Gasteiger partial charge in [0.1, 0.15) is 5.01 Å². The van der Waals surface area contributed by atoms with Crippen molar-refractivity contribution < 1.29 is 0 Å². The fourth-order valence-corrected chi connectivity index (χ4v) is 2.32. The van der Waals surface area contributed by atoms with E-state index in [2.05, 4.69) is 31.1 Å². The number of hydrogen-bond donors (Lipinski definition) is 1. The lowest BCUT2D eigenvalue weighted by Crippen LogP contribution is -2.32. The van der Waals surface area contributed by atoms with E-state index in [9.17, 15) is 0 Å². The molecular weight excluding hydrogens is 192 g/mol. The van der Waals surface area contributed by atoms with E-state index in [1.54, 1.807) is 11.3 Å². The molecule has 0 fully saturated rings. The number of rotatable bonds is 6. The first-order chi connectivity index (χ1) is 6.77. The first-order valence-electron chi connectivity index (χ1n) is 5.39. The molecular formula is C11H20N2S. The van der Waals surface area contributed by atoms with Crippen LogP contribution in [0.25, 0.3) is 0 Å². The quantitative estimate of drug-likeness (QED) is 0.784. The van der Waals surface area contributed by atoms with Crippen molar-refractivity contribution in [2.45, 2.75) is 46.2 Å². The lowest BCUT2D eigenvalue weighted by Gasteiger charge is -2.21. The van der Waals surface area contributed by atoms with Gasteiger partial charge >= 0.3 is 0 Å². The van der Waals surface area contributed by atoms with E-state index >= 15 is 0 Å². The standard InChI is InChI=1S/C11H20N2S/c1-4-10(5-2)9(3)13-8-11-12-6-7-14-11/h6-7,9-10,13H,4-5,8H2,1-3H3. The van der Waals surface area contributed by atoms with Gasteiger partial charge in [0.25, 0.3) is 0 Å². The van der Waals surface area contributed by atoms with Crippen molar-refractivity contribution in [1.82, 2.24) is 10.3 Å². The minimum atomic E-state index is 0.592. The molecule has 0 radical (unpaired) electrons. The molecule has 0 aliphatic carbocycles. The molecule has 0 saturated carbocycles. The minimum Gasteiger partial charge on any atom is -0.308 e. The summed E-state index contributed by atoms with van der Waals surface area (Å²) < 4.78 is 0. The summed E-state index contributed by atoms with van der Waals surface area (Å²) in [5.41, 5.74) is 0. The molecule has 80 valence electrons. The predicted molar refractivity (Wildman–Crippen MR) is 62.5 cm³/mol. The van der Waals surface area contributed by atoms with E-state index in [4.69, 9.17) is 0 Å². The first kappa shape index (κ1) is 11.7. The van der Waals surface area contributed by atoms with E-state index in [0.717, 1.165) is 12.5 Å². The lowest BCUT2D eigenvalue weighted by atomic mass is 9.96. The molecule has 0 amide bonds. The Morgan fingerprint density at radius 2 is 2.14 bits per heavy atom. The van der Waals surface area contributed by atoms with Gasteiger partial charge in [0.2, 0.25) is 0 Å². The van der Waals surface area contributed by atoms with Crippen molar-refractivity contribution in [3.63, 3.8) is 0 Å². The van der Waals surface area contributed by atoms with Crippen molar-refractivity contribution in [2.24, 2.45) is 5.92 Å². The van der Waals surface area contributed by atoms with Crippen LogP contribution >= 0.6 is 11.3 Å². The van der Waals surface area contributed by atoms with Crippen LogP contribution in [-0.2, 0) is 6.54 Å². The maximum Gasteiger partial charge on any atom is 0.106 e. The monoisotopic (exact) mass is 212 g/mol. The van der Waals surface area contributed by atoms with Crippen LogP contribution in [0.4, 0.5) is 0 Å². The highest BCUT2D eigenvalue weighted by atomic mass is 32.1. The Hall–Kier alpha value is -0.410. The van der Waals surface area contributed by atoms with Crippen molar-refractivity contribution in [2.75, 3.05) is 0 Å². The molecule has 1 N–H and O–H groups in total. The summed E-state index contributed by atoms with van der Waals surface area (Å²) in [6.07, 6.45) is 4.37. The van der Waals surface area contributed by atoms with Crippen LogP contribution in [0.15, 0.2) is 11.6 Å². The fraction of sp³-hybridized carbons (Fsp3) is 0.727. The molecule has 0 spiro atoms. The van der Waals surface area contributed by atoms with Crippen LogP contribution in [0.5, 0.6) is 0 Å². The van der Waals surface area contributed by atoms with Gasteiger partial charge in [-0.3, -0.25) is 0 Å². The summed E-state index contributed by atoms with van der Waals surface area (Å²) in [6, 6.07) is 0.592. The summed E-state index contributed by atoms with van der Waals surface area (Å²) >= 11 is 1.72. The minimum absolute atomic E-state index is 0.592. The van der Waals surface area contributed by atoms with Crippen LogP contribution < -0.4 is 5.32 Å². The molecule has 0 saturated heterocycles. The molecule has 2 nitrogen and oxygen atoms in total. The van der Waals surface area contributed by atoms with Gasteiger partial charge in [-0.15, -0.1) is 11.3 Å². The molecule has 14 heavy (non-hydrogen) atoms. The summed E-state index contributed by atoms with van der Waals surface area (Å²) in [7, 11) is 0. The van der Waals surface area contributed by atoms with Gasteiger partial charge in [0, 0.05) is 24.2 Å². The molecule has 1 unspecified atom stereocenters. The topological polar surface area (TPSA) is 24.9 Å².